The molecule has 1 aromatic heterocycles. The monoisotopic (exact) mass is 394 g/mol. The van der Waals surface area contributed by atoms with Gasteiger partial charge in [0.05, 0.1) is 11.9 Å². The van der Waals surface area contributed by atoms with E-state index < -0.39 is 0 Å². The number of rotatable bonds is 7. The zero-order valence-electron chi connectivity index (χ0n) is 16.5. The molecular weight excluding hydrogens is 367 g/mol. The summed E-state index contributed by atoms with van der Waals surface area (Å²) < 4.78 is 13.2. The van der Waals surface area contributed by atoms with Gasteiger partial charge in [0.2, 0.25) is 0 Å². The molecule has 29 heavy (non-hydrogen) atoms. The third-order valence-electron chi connectivity index (χ3n) is 5.62. The Kier molecular flexibility index (Phi) is 6.34. The van der Waals surface area contributed by atoms with Crippen LogP contribution in [0.1, 0.15) is 17.5 Å². The van der Waals surface area contributed by atoms with Crippen LogP contribution in [-0.2, 0) is 13.1 Å². The third-order valence-corrected chi connectivity index (χ3v) is 5.62. The van der Waals surface area contributed by atoms with Crippen molar-refractivity contribution in [3.8, 4) is 11.3 Å². The molecule has 2 aromatic carbocycles. The standard InChI is InChI=1S/C23H27FN4O/c24-21-8-6-18(7-9-21)15-28-12-11-27(17-22(28)10-13-29)16-20-14-25-26-23(20)19-4-2-1-3-5-19/h1-9,14,22,29H,10-13,15-17H2,(H,25,26)/t22-/m1/s1. The molecule has 0 aliphatic carbocycles. The summed E-state index contributed by atoms with van der Waals surface area (Å²) in [4.78, 5) is 4.83. The number of aromatic nitrogens is 2. The Morgan fingerprint density at radius 1 is 1.03 bits per heavy atom. The van der Waals surface area contributed by atoms with E-state index in [4.69, 9.17) is 0 Å². The van der Waals surface area contributed by atoms with Gasteiger partial charge in [0, 0.05) is 50.9 Å². The smallest absolute Gasteiger partial charge is 0.123 e. The number of aromatic amines is 1. The summed E-state index contributed by atoms with van der Waals surface area (Å²) in [5.74, 6) is -0.209. The average molecular weight is 394 g/mol. The second-order valence-electron chi connectivity index (χ2n) is 7.63. The molecule has 152 valence electrons. The minimum Gasteiger partial charge on any atom is -0.396 e. The molecule has 0 bridgehead atoms. The Morgan fingerprint density at radius 2 is 1.83 bits per heavy atom. The van der Waals surface area contributed by atoms with Crippen molar-refractivity contribution < 1.29 is 9.50 Å². The van der Waals surface area contributed by atoms with Crippen LogP contribution in [0.5, 0.6) is 0 Å². The highest BCUT2D eigenvalue weighted by atomic mass is 19.1. The molecule has 0 amide bonds. The first-order valence-electron chi connectivity index (χ1n) is 10.1. The molecule has 4 rings (SSSR count). The van der Waals surface area contributed by atoms with Crippen LogP contribution in [0.2, 0.25) is 0 Å². The normalized spacial score (nSPS) is 18.2. The Balaban J connectivity index is 1.42. The number of hydrogen-bond donors (Lipinski definition) is 2. The fourth-order valence-electron chi connectivity index (χ4n) is 4.08. The Hall–Kier alpha value is -2.54. The molecule has 3 aromatic rings. The molecule has 0 unspecified atom stereocenters. The van der Waals surface area contributed by atoms with E-state index in [2.05, 4.69) is 32.1 Å². The van der Waals surface area contributed by atoms with Crippen molar-refractivity contribution in [1.29, 1.82) is 0 Å². The lowest BCUT2D eigenvalue weighted by atomic mass is 10.0. The zero-order chi connectivity index (χ0) is 20.1. The van der Waals surface area contributed by atoms with E-state index in [-0.39, 0.29) is 18.5 Å². The van der Waals surface area contributed by atoms with E-state index in [1.54, 1.807) is 0 Å². The maximum absolute atomic E-state index is 13.2. The van der Waals surface area contributed by atoms with E-state index in [1.807, 2.05) is 36.5 Å². The molecule has 6 heteroatoms. The van der Waals surface area contributed by atoms with Gasteiger partial charge in [-0.05, 0) is 29.7 Å². The van der Waals surface area contributed by atoms with E-state index in [1.165, 1.54) is 17.7 Å². The molecule has 1 fully saturated rings. The van der Waals surface area contributed by atoms with Crippen LogP contribution in [-0.4, -0.2) is 57.4 Å². The lowest BCUT2D eigenvalue weighted by molar-refractivity contribution is 0.0500. The van der Waals surface area contributed by atoms with Gasteiger partial charge in [0.1, 0.15) is 5.82 Å². The Bertz CT molecular complexity index is 897. The van der Waals surface area contributed by atoms with Gasteiger partial charge in [-0.25, -0.2) is 4.39 Å². The predicted octanol–water partition coefficient (Wildman–Crippen LogP) is 3.28. The third kappa shape index (κ3) is 4.90. The second kappa shape index (κ2) is 9.31. The Morgan fingerprint density at radius 3 is 2.59 bits per heavy atom. The number of aliphatic hydroxyl groups is 1. The molecule has 0 radical (unpaired) electrons. The number of aliphatic hydroxyl groups excluding tert-OH is 1. The number of benzene rings is 2. The zero-order valence-corrected chi connectivity index (χ0v) is 16.5. The summed E-state index contributed by atoms with van der Waals surface area (Å²) in [7, 11) is 0. The molecular formula is C23H27FN4O. The lowest BCUT2D eigenvalue weighted by Crippen LogP contribution is -2.52. The van der Waals surface area contributed by atoms with Crippen molar-refractivity contribution in [2.45, 2.75) is 25.6 Å². The molecule has 1 atom stereocenters. The van der Waals surface area contributed by atoms with Gasteiger partial charge in [0.25, 0.3) is 0 Å². The molecule has 2 N–H and O–H groups in total. The van der Waals surface area contributed by atoms with E-state index >= 15 is 0 Å². The number of piperazine rings is 1. The van der Waals surface area contributed by atoms with Crippen LogP contribution in [0.25, 0.3) is 11.3 Å². The number of nitrogens with zero attached hydrogens (tertiary/aromatic N) is 3. The quantitative estimate of drug-likeness (QED) is 0.646. The molecule has 1 aliphatic heterocycles. The topological polar surface area (TPSA) is 55.4 Å². The maximum atomic E-state index is 13.2. The summed E-state index contributed by atoms with van der Waals surface area (Å²) in [5.41, 5.74) is 4.50. The highest BCUT2D eigenvalue weighted by Gasteiger charge is 2.27. The van der Waals surface area contributed by atoms with Gasteiger partial charge in [-0.2, -0.15) is 5.10 Å². The van der Waals surface area contributed by atoms with Crippen molar-refractivity contribution in [2.24, 2.45) is 0 Å². The van der Waals surface area contributed by atoms with Crippen molar-refractivity contribution >= 4 is 0 Å². The molecule has 5 nitrogen and oxygen atoms in total. The predicted molar refractivity (Wildman–Crippen MR) is 112 cm³/mol. The summed E-state index contributed by atoms with van der Waals surface area (Å²) in [6, 6.07) is 17.2. The van der Waals surface area contributed by atoms with Crippen LogP contribution >= 0.6 is 0 Å². The molecule has 0 saturated carbocycles. The minimum atomic E-state index is -0.209. The first-order chi connectivity index (χ1) is 14.2. The van der Waals surface area contributed by atoms with Crippen LogP contribution in [0.4, 0.5) is 4.39 Å². The summed E-state index contributed by atoms with van der Waals surface area (Å²) in [6.45, 7) is 4.52. The fourth-order valence-corrected chi connectivity index (χ4v) is 4.08. The highest BCUT2D eigenvalue weighted by molar-refractivity contribution is 5.62. The van der Waals surface area contributed by atoms with Gasteiger partial charge in [-0.15, -0.1) is 0 Å². The van der Waals surface area contributed by atoms with Gasteiger partial charge >= 0.3 is 0 Å². The van der Waals surface area contributed by atoms with E-state index in [0.717, 1.165) is 56.0 Å². The highest BCUT2D eigenvalue weighted by Crippen LogP contribution is 2.24. The largest absolute Gasteiger partial charge is 0.396 e. The maximum Gasteiger partial charge on any atom is 0.123 e. The van der Waals surface area contributed by atoms with Gasteiger partial charge < -0.3 is 5.11 Å². The number of H-pyrrole nitrogens is 1. The number of halogens is 1. The van der Waals surface area contributed by atoms with Crippen molar-refractivity contribution in [3.63, 3.8) is 0 Å². The van der Waals surface area contributed by atoms with Crippen LogP contribution < -0.4 is 0 Å². The summed E-state index contributed by atoms with van der Waals surface area (Å²) >= 11 is 0. The first kappa shape index (κ1) is 19.8. The number of hydrogen-bond acceptors (Lipinski definition) is 4. The second-order valence-corrected chi connectivity index (χ2v) is 7.63. The van der Waals surface area contributed by atoms with Gasteiger partial charge in [0.15, 0.2) is 0 Å². The van der Waals surface area contributed by atoms with Crippen molar-refractivity contribution in [1.82, 2.24) is 20.0 Å². The first-order valence-corrected chi connectivity index (χ1v) is 10.1. The molecule has 1 saturated heterocycles. The van der Waals surface area contributed by atoms with E-state index in [9.17, 15) is 9.50 Å². The average Bonchev–Trinajstić information content (AvgIpc) is 3.20. The lowest BCUT2D eigenvalue weighted by Gasteiger charge is -2.41. The van der Waals surface area contributed by atoms with Crippen molar-refractivity contribution in [2.75, 3.05) is 26.2 Å². The van der Waals surface area contributed by atoms with Gasteiger partial charge in [-0.3, -0.25) is 14.9 Å². The fraction of sp³-hybridized carbons (Fsp3) is 0.348. The Labute approximate surface area is 170 Å². The van der Waals surface area contributed by atoms with Crippen LogP contribution in [0.15, 0.2) is 60.8 Å². The summed E-state index contributed by atoms with van der Waals surface area (Å²) in [6.07, 6.45) is 2.64. The molecule has 1 aliphatic rings. The minimum absolute atomic E-state index is 0.166. The molecule has 2 heterocycles. The van der Waals surface area contributed by atoms with Crippen LogP contribution in [0.3, 0.4) is 0 Å². The SMILES string of the molecule is OCC[C@@H]1CN(Cc2cn[nH]c2-c2ccccc2)CCN1Cc1ccc(F)cc1. The number of nitrogens with one attached hydrogen (secondary N) is 1. The van der Waals surface area contributed by atoms with Gasteiger partial charge in [-0.1, -0.05) is 42.5 Å². The van der Waals surface area contributed by atoms with E-state index in [0.29, 0.717) is 0 Å². The van der Waals surface area contributed by atoms with Crippen molar-refractivity contribution in [3.05, 3.63) is 77.7 Å². The molecule has 0 spiro atoms. The van der Waals surface area contributed by atoms with Crippen LogP contribution in [0, 0.1) is 5.82 Å². The summed E-state index contributed by atoms with van der Waals surface area (Å²) in [5, 5.41) is 17.0.